The van der Waals surface area contributed by atoms with E-state index in [2.05, 4.69) is 5.32 Å². The Hall–Kier alpha value is -2.32. The fourth-order valence-electron chi connectivity index (χ4n) is 1.85. The lowest BCUT2D eigenvalue weighted by atomic mass is 10.1. The second-order valence-corrected chi connectivity index (χ2v) is 6.13. The molecule has 116 valence electrons. The Balaban J connectivity index is 2.35. The monoisotopic (exact) mass is 326 g/mol. The van der Waals surface area contributed by atoms with Gasteiger partial charge in [0.25, 0.3) is 5.91 Å². The van der Waals surface area contributed by atoms with E-state index in [9.17, 15) is 22.0 Å². The number of primary sulfonamides is 1. The molecule has 0 saturated carbocycles. The van der Waals surface area contributed by atoms with E-state index in [1.54, 1.807) is 0 Å². The topological polar surface area (TPSA) is 89.3 Å². The molecule has 2 aromatic rings. The summed E-state index contributed by atoms with van der Waals surface area (Å²) < 4.78 is 49.4. The van der Waals surface area contributed by atoms with Gasteiger partial charge < -0.3 is 5.32 Å². The largest absolute Gasteiger partial charge is 0.322 e. The molecule has 3 N–H and O–H groups in total. The number of carbonyl (C=O) groups excluding carboxylic acids is 1. The molecule has 2 rings (SSSR count). The molecule has 0 aliphatic carbocycles. The molecule has 0 radical (unpaired) electrons. The number of anilines is 1. The Labute approximate surface area is 125 Å². The minimum absolute atomic E-state index is 0.100. The highest BCUT2D eigenvalue weighted by Crippen LogP contribution is 2.20. The minimum atomic E-state index is -3.96. The zero-order valence-electron chi connectivity index (χ0n) is 11.4. The molecule has 0 heterocycles. The summed E-state index contributed by atoms with van der Waals surface area (Å²) in [5.41, 5.74) is 0.0125. The van der Waals surface area contributed by atoms with E-state index in [4.69, 9.17) is 5.14 Å². The molecule has 0 saturated heterocycles. The van der Waals surface area contributed by atoms with E-state index in [0.717, 1.165) is 24.3 Å². The molecule has 0 fully saturated rings. The number of halogens is 2. The number of hydrogen-bond acceptors (Lipinski definition) is 3. The van der Waals surface area contributed by atoms with Crippen molar-refractivity contribution in [3.05, 3.63) is 59.2 Å². The van der Waals surface area contributed by atoms with E-state index in [1.807, 2.05) is 0 Å². The van der Waals surface area contributed by atoms with Gasteiger partial charge in [-0.2, -0.15) is 0 Å². The van der Waals surface area contributed by atoms with Crippen LogP contribution in [0.15, 0.2) is 41.3 Å². The molecule has 5 nitrogen and oxygen atoms in total. The van der Waals surface area contributed by atoms with Gasteiger partial charge in [0.15, 0.2) is 0 Å². The standard InChI is InChI=1S/C14H12F2N2O3S/c1-8-2-4-10(7-13(8)22(17,20)21)18-14(19)11-6-9(15)3-5-12(11)16/h2-7H,1H3,(H,18,19)(H2,17,20,21). The maximum Gasteiger partial charge on any atom is 0.258 e. The van der Waals surface area contributed by atoms with Crippen molar-refractivity contribution in [1.82, 2.24) is 0 Å². The van der Waals surface area contributed by atoms with Crippen molar-refractivity contribution in [3.8, 4) is 0 Å². The van der Waals surface area contributed by atoms with Crippen LogP contribution < -0.4 is 10.5 Å². The third-order valence-electron chi connectivity index (χ3n) is 2.93. The van der Waals surface area contributed by atoms with Gasteiger partial charge in [-0.25, -0.2) is 22.3 Å². The van der Waals surface area contributed by atoms with Crippen LogP contribution in [0.25, 0.3) is 0 Å². The van der Waals surface area contributed by atoms with E-state index < -0.39 is 33.1 Å². The smallest absolute Gasteiger partial charge is 0.258 e. The number of sulfonamides is 1. The lowest BCUT2D eigenvalue weighted by molar-refractivity contribution is 0.102. The third kappa shape index (κ3) is 3.46. The van der Waals surface area contributed by atoms with Crippen molar-refractivity contribution in [2.24, 2.45) is 5.14 Å². The summed E-state index contributed by atoms with van der Waals surface area (Å²) in [6.07, 6.45) is 0. The van der Waals surface area contributed by atoms with Crippen LogP contribution in [0.4, 0.5) is 14.5 Å². The average Bonchev–Trinajstić information content (AvgIpc) is 2.42. The summed E-state index contributed by atoms with van der Waals surface area (Å²) in [4.78, 5) is 11.8. The van der Waals surface area contributed by atoms with Crippen molar-refractivity contribution in [3.63, 3.8) is 0 Å². The zero-order chi connectivity index (χ0) is 16.5. The minimum Gasteiger partial charge on any atom is -0.322 e. The summed E-state index contributed by atoms with van der Waals surface area (Å²) >= 11 is 0. The van der Waals surface area contributed by atoms with Gasteiger partial charge in [0.2, 0.25) is 10.0 Å². The van der Waals surface area contributed by atoms with Crippen LogP contribution in [0.5, 0.6) is 0 Å². The van der Waals surface area contributed by atoms with Gasteiger partial charge in [-0.3, -0.25) is 4.79 Å². The summed E-state index contributed by atoms with van der Waals surface area (Å²) in [6, 6.07) is 6.49. The van der Waals surface area contributed by atoms with E-state index in [0.29, 0.717) is 5.56 Å². The first kappa shape index (κ1) is 16.1. The predicted octanol–water partition coefficient (Wildman–Crippen LogP) is 2.17. The van der Waals surface area contributed by atoms with E-state index >= 15 is 0 Å². The first-order valence-electron chi connectivity index (χ1n) is 6.08. The third-order valence-corrected chi connectivity index (χ3v) is 3.98. The van der Waals surface area contributed by atoms with E-state index in [1.165, 1.54) is 19.1 Å². The Bertz CT molecular complexity index is 851. The zero-order valence-corrected chi connectivity index (χ0v) is 12.2. The fraction of sp³-hybridized carbons (Fsp3) is 0.0714. The Morgan fingerprint density at radius 3 is 2.45 bits per heavy atom. The molecule has 8 heteroatoms. The molecule has 0 unspecified atom stereocenters. The number of aryl methyl sites for hydroxylation is 1. The van der Waals surface area contributed by atoms with Gasteiger partial charge in [0.1, 0.15) is 11.6 Å². The molecule has 2 aromatic carbocycles. The number of amides is 1. The number of rotatable bonds is 3. The maximum absolute atomic E-state index is 13.5. The highest BCUT2D eigenvalue weighted by molar-refractivity contribution is 7.89. The van der Waals surface area contributed by atoms with Gasteiger partial charge in [0, 0.05) is 5.69 Å². The highest BCUT2D eigenvalue weighted by Gasteiger charge is 2.16. The van der Waals surface area contributed by atoms with Gasteiger partial charge in [-0.15, -0.1) is 0 Å². The van der Waals surface area contributed by atoms with Crippen LogP contribution in [0.3, 0.4) is 0 Å². The normalized spacial score (nSPS) is 11.3. The molecular formula is C14H12F2N2O3S. The molecule has 0 aliphatic rings. The molecule has 22 heavy (non-hydrogen) atoms. The molecule has 0 bridgehead atoms. The van der Waals surface area contributed by atoms with Crippen LogP contribution in [0.1, 0.15) is 15.9 Å². The molecule has 0 atom stereocenters. The number of hydrogen-bond donors (Lipinski definition) is 2. The summed E-state index contributed by atoms with van der Waals surface area (Å²) in [5, 5.41) is 7.36. The van der Waals surface area contributed by atoms with Crippen molar-refractivity contribution in [2.45, 2.75) is 11.8 Å². The SMILES string of the molecule is Cc1ccc(NC(=O)c2cc(F)ccc2F)cc1S(N)(=O)=O. The van der Waals surface area contributed by atoms with Crippen molar-refractivity contribution >= 4 is 21.6 Å². The maximum atomic E-state index is 13.5. The second-order valence-electron chi connectivity index (χ2n) is 4.60. The molecular weight excluding hydrogens is 314 g/mol. The summed E-state index contributed by atoms with van der Waals surface area (Å²) in [5.74, 6) is -2.56. The van der Waals surface area contributed by atoms with Crippen LogP contribution in [-0.4, -0.2) is 14.3 Å². The molecule has 1 amide bonds. The second kappa shape index (κ2) is 5.82. The van der Waals surface area contributed by atoms with Gasteiger partial charge in [-0.05, 0) is 42.8 Å². The van der Waals surface area contributed by atoms with Crippen LogP contribution >= 0.6 is 0 Å². The van der Waals surface area contributed by atoms with Gasteiger partial charge in [0.05, 0.1) is 10.5 Å². The molecule has 0 spiro atoms. The predicted molar refractivity (Wildman–Crippen MR) is 76.9 cm³/mol. The highest BCUT2D eigenvalue weighted by atomic mass is 32.2. The Morgan fingerprint density at radius 1 is 1.14 bits per heavy atom. The van der Waals surface area contributed by atoms with Crippen molar-refractivity contribution < 1.29 is 22.0 Å². The van der Waals surface area contributed by atoms with Gasteiger partial charge >= 0.3 is 0 Å². The van der Waals surface area contributed by atoms with Crippen molar-refractivity contribution in [2.75, 3.05) is 5.32 Å². The number of nitrogens with one attached hydrogen (secondary N) is 1. The number of benzene rings is 2. The molecule has 0 aliphatic heterocycles. The Kier molecular flexibility index (Phi) is 4.25. The van der Waals surface area contributed by atoms with Crippen LogP contribution in [0.2, 0.25) is 0 Å². The fourth-order valence-corrected chi connectivity index (χ4v) is 2.66. The number of carbonyl (C=O) groups is 1. The number of nitrogens with two attached hydrogens (primary N) is 1. The summed E-state index contributed by atoms with van der Waals surface area (Å²) in [7, 11) is -3.96. The van der Waals surface area contributed by atoms with Crippen LogP contribution in [-0.2, 0) is 10.0 Å². The lowest BCUT2D eigenvalue weighted by Gasteiger charge is -2.09. The lowest BCUT2D eigenvalue weighted by Crippen LogP contribution is -2.17. The molecule has 0 aromatic heterocycles. The Morgan fingerprint density at radius 2 is 1.82 bits per heavy atom. The average molecular weight is 326 g/mol. The first-order valence-corrected chi connectivity index (χ1v) is 7.63. The van der Waals surface area contributed by atoms with Crippen LogP contribution in [0, 0.1) is 18.6 Å². The first-order chi connectivity index (χ1) is 10.2. The van der Waals surface area contributed by atoms with Gasteiger partial charge in [-0.1, -0.05) is 6.07 Å². The van der Waals surface area contributed by atoms with E-state index in [-0.39, 0.29) is 10.6 Å². The summed E-state index contributed by atoms with van der Waals surface area (Å²) in [6.45, 7) is 1.54. The quantitative estimate of drug-likeness (QED) is 0.906. The van der Waals surface area contributed by atoms with Crippen molar-refractivity contribution in [1.29, 1.82) is 0 Å².